The molecule has 0 aliphatic carbocycles. The maximum atomic E-state index is 5.43. The van der Waals surface area contributed by atoms with Crippen molar-refractivity contribution in [1.82, 2.24) is 19.3 Å². The van der Waals surface area contributed by atoms with Crippen LogP contribution in [0.15, 0.2) is 24.4 Å². The number of benzene rings is 1. The smallest absolute Gasteiger partial charge is 0.182 e. The number of rotatable bonds is 1. The fourth-order valence-corrected chi connectivity index (χ4v) is 2.62. The predicted octanol–water partition coefficient (Wildman–Crippen LogP) is 3.04. The lowest BCUT2D eigenvalue weighted by Gasteiger charge is -2.02. The molecule has 0 saturated heterocycles. The van der Waals surface area contributed by atoms with E-state index in [1.807, 2.05) is 30.8 Å². The maximum absolute atomic E-state index is 5.43. The van der Waals surface area contributed by atoms with E-state index in [0.29, 0.717) is 4.77 Å². The first kappa shape index (κ1) is 11.2. The molecule has 0 aliphatic heterocycles. The Morgan fingerprint density at radius 2 is 2.06 bits per heavy atom. The van der Waals surface area contributed by atoms with Gasteiger partial charge in [0.2, 0.25) is 0 Å². The van der Waals surface area contributed by atoms with Crippen LogP contribution in [0.4, 0.5) is 0 Å². The van der Waals surface area contributed by atoms with Gasteiger partial charge in [0.15, 0.2) is 4.77 Å². The molecule has 1 aromatic carbocycles. The molecule has 3 aromatic rings. The van der Waals surface area contributed by atoms with Crippen LogP contribution in [0.1, 0.15) is 11.3 Å². The molecule has 2 aromatic heterocycles. The van der Waals surface area contributed by atoms with Gasteiger partial charge in [0.05, 0.1) is 22.4 Å². The second-order valence-corrected chi connectivity index (χ2v) is 4.89. The minimum absolute atomic E-state index is 0.704. The van der Waals surface area contributed by atoms with E-state index in [9.17, 15) is 0 Å². The number of hydrogen-bond donors (Lipinski definition) is 1. The van der Waals surface area contributed by atoms with Gasteiger partial charge < -0.3 is 4.98 Å². The summed E-state index contributed by atoms with van der Waals surface area (Å²) >= 11 is 5.43. The molecule has 5 heteroatoms. The highest BCUT2D eigenvalue weighted by Crippen LogP contribution is 2.23. The molecule has 2 heterocycles. The molecule has 1 N–H and O–H groups in total. The summed E-state index contributed by atoms with van der Waals surface area (Å²) in [4.78, 5) is 3.27. The van der Waals surface area contributed by atoms with Crippen LogP contribution >= 0.6 is 12.2 Å². The average molecular weight is 258 g/mol. The van der Waals surface area contributed by atoms with Crippen molar-refractivity contribution >= 4 is 23.3 Å². The first-order valence-corrected chi connectivity index (χ1v) is 6.19. The zero-order chi connectivity index (χ0) is 12.9. The lowest BCUT2D eigenvalue weighted by atomic mass is 10.2. The van der Waals surface area contributed by atoms with Crippen molar-refractivity contribution in [3.63, 3.8) is 0 Å². The van der Waals surface area contributed by atoms with Crippen LogP contribution in [-0.4, -0.2) is 19.3 Å². The van der Waals surface area contributed by atoms with Gasteiger partial charge in [0.25, 0.3) is 0 Å². The van der Waals surface area contributed by atoms with Crippen molar-refractivity contribution in [2.24, 2.45) is 7.05 Å². The number of para-hydroxylation sites is 1. The Labute approximate surface area is 110 Å². The summed E-state index contributed by atoms with van der Waals surface area (Å²) in [6.45, 7) is 4.07. The molecule has 0 fully saturated rings. The third kappa shape index (κ3) is 1.51. The number of H-pyrrole nitrogens is 1. The number of nitrogens with zero attached hydrogens (tertiary/aromatic N) is 3. The van der Waals surface area contributed by atoms with Crippen LogP contribution in [-0.2, 0) is 7.05 Å². The van der Waals surface area contributed by atoms with Crippen molar-refractivity contribution in [2.45, 2.75) is 13.8 Å². The Hall–Kier alpha value is -1.88. The standard InChI is InChI=1S/C13H14N4S/c1-8-5-4-6-10-12(8)14-13(18)17(10)11-7-16(3)15-9(11)2/h4-7H,1-3H3,(H,14,18). The summed E-state index contributed by atoms with van der Waals surface area (Å²) in [5.74, 6) is 0. The van der Waals surface area contributed by atoms with Gasteiger partial charge in [-0.1, -0.05) is 12.1 Å². The van der Waals surface area contributed by atoms with Crippen LogP contribution in [0, 0.1) is 18.6 Å². The molecular weight excluding hydrogens is 244 g/mol. The highest BCUT2D eigenvalue weighted by Gasteiger charge is 2.12. The molecule has 4 nitrogen and oxygen atoms in total. The zero-order valence-electron chi connectivity index (χ0n) is 10.6. The molecule has 0 saturated carbocycles. The zero-order valence-corrected chi connectivity index (χ0v) is 11.4. The van der Waals surface area contributed by atoms with Gasteiger partial charge >= 0.3 is 0 Å². The third-order valence-electron chi connectivity index (χ3n) is 3.16. The molecule has 0 spiro atoms. The highest BCUT2D eigenvalue weighted by atomic mass is 32.1. The number of fused-ring (bicyclic) bond motifs is 1. The molecule has 0 bridgehead atoms. The maximum Gasteiger partial charge on any atom is 0.182 e. The second-order valence-electron chi connectivity index (χ2n) is 4.51. The number of aryl methyl sites for hydroxylation is 3. The third-order valence-corrected chi connectivity index (χ3v) is 3.44. The van der Waals surface area contributed by atoms with Gasteiger partial charge in [-0.05, 0) is 37.7 Å². The fourth-order valence-electron chi connectivity index (χ4n) is 2.32. The van der Waals surface area contributed by atoms with Crippen LogP contribution in [0.3, 0.4) is 0 Å². The predicted molar refractivity (Wildman–Crippen MR) is 74.7 cm³/mol. The van der Waals surface area contributed by atoms with E-state index >= 15 is 0 Å². The molecule has 0 atom stereocenters. The van der Waals surface area contributed by atoms with E-state index < -0.39 is 0 Å². The van der Waals surface area contributed by atoms with Gasteiger partial charge in [0.1, 0.15) is 0 Å². The number of imidazole rings is 1. The minimum Gasteiger partial charge on any atom is -0.330 e. The Balaban J connectivity index is 2.43. The topological polar surface area (TPSA) is 38.5 Å². The van der Waals surface area contributed by atoms with Gasteiger partial charge in [0, 0.05) is 13.2 Å². The summed E-state index contributed by atoms with van der Waals surface area (Å²) in [5.41, 5.74) is 5.37. The summed E-state index contributed by atoms with van der Waals surface area (Å²) in [5, 5.41) is 4.37. The molecule has 0 radical (unpaired) electrons. The lowest BCUT2D eigenvalue weighted by Crippen LogP contribution is -1.94. The van der Waals surface area contributed by atoms with E-state index in [1.54, 1.807) is 4.68 Å². The molecule has 92 valence electrons. The number of aromatic amines is 1. The van der Waals surface area contributed by atoms with Crippen LogP contribution in [0.5, 0.6) is 0 Å². The monoisotopic (exact) mass is 258 g/mol. The van der Waals surface area contributed by atoms with Gasteiger partial charge in [-0.25, -0.2) is 0 Å². The van der Waals surface area contributed by atoms with Crippen LogP contribution in [0.25, 0.3) is 16.7 Å². The SMILES string of the molecule is Cc1nn(C)cc1-n1c(=S)[nH]c2c(C)cccc21. The average Bonchev–Trinajstić information content (AvgIpc) is 2.79. The van der Waals surface area contributed by atoms with Crippen LogP contribution in [0.2, 0.25) is 0 Å². The minimum atomic E-state index is 0.704. The van der Waals surface area contributed by atoms with Crippen molar-refractivity contribution in [3.8, 4) is 5.69 Å². The van der Waals surface area contributed by atoms with Crippen molar-refractivity contribution in [3.05, 3.63) is 40.4 Å². The molecular formula is C13H14N4S. The quantitative estimate of drug-likeness (QED) is 0.681. The van der Waals surface area contributed by atoms with Crippen molar-refractivity contribution < 1.29 is 0 Å². The van der Waals surface area contributed by atoms with E-state index in [-0.39, 0.29) is 0 Å². The van der Waals surface area contributed by atoms with Crippen molar-refractivity contribution in [1.29, 1.82) is 0 Å². The van der Waals surface area contributed by atoms with Gasteiger partial charge in [-0.15, -0.1) is 0 Å². The molecule has 3 rings (SSSR count). The fraction of sp³-hybridized carbons (Fsp3) is 0.231. The summed E-state index contributed by atoms with van der Waals surface area (Å²) < 4.78 is 4.55. The van der Waals surface area contributed by atoms with Gasteiger partial charge in [-0.2, -0.15) is 5.10 Å². The van der Waals surface area contributed by atoms with E-state index in [4.69, 9.17) is 12.2 Å². The first-order chi connectivity index (χ1) is 8.58. The van der Waals surface area contributed by atoms with E-state index in [2.05, 4.69) is 29.1 Å². The Bertz CT molecular complexity index is 791. The lowest BCUT2D eigenvalue weighted by molar-refractivity contribution is 0.756. The summed E-state index contributed by atoms with van der Waals surface area (Å²) in [6, 6.07) is 6.19. The summed E-state index contributed by atoms with van der Waals surface area (Å²) in [7, 11) is 1.92. The Morgan fingerprint density at radius 3 is 2.72 bits per heavy atom. The van der Waals surface area contributed by atoms with Crippen molar-refractivity contribution in [2.75, 3.05) is 0 Å². The molecule has 0 unspecified atom stereocenters. The molecule has 0 amide bonds. The van der Waals surface area contributed by atoms with Gasteiger partial charge in [-0.3, -0.25) is 9.25 Å². The number of aromatic nitrogens is 4. The molecule has 18 heavy (non-hydrogen) atoms. The normalized spacial score (nSPS) is 11.3. The first-order valence-electron chi connectivity index (χ1n) is 5.79. The Morgan fingerprint density at radius 1 is 1.28 bits per heavy atom. The molecule has 0 aliphatic rings. The number of hydrogen-bond acceptors (Lipinski definition) is 2. The number of nitrogens with one attached hydrogen (secondary N) is 1. The van der Waals surface area contributed by atoms with E-state index in [0.717, 1.165) is 22.4 Å². The van der Waals surface area contributed by atoms with E-state index in [1.165, 1.54) is 5.56 Å². The highest BCUT2D eigenvalue weighted by molar-refractivity contribution is 7.71. The Kier molecular flexibility index (Phi) is 2.38. The second kappa shape index (κ2) is 3.81. The summed E-state index contributed by atoms with van der Waals surface area (Å²) in [6.07, 6.45) is 1.99. The van der Waals surface area contributed by atoms with Crippen LogP contribution < -0.4 is 0 Å². The largest absolute Gasteiger partial charge is 0.330 e.